The van der Waals surface area contributed by atoms with Crippen LogP contribution in [0.3, 0.4) is 0 Å². The van der Waals surface area contributed by atoms with Gasteiger partial charge in [-0.1, -0.05) is 28.1 Å². The van der Waals surface area contributed by atoms with Crippen molar-refractivity contribution < 1.29 is 0 Å². The Labute approximate surface area is 123 Å². The summed E-state index contributed by atoms with van der Waals surface area (Å²) in [6.07, 6.45) is 8.07. The molecular weight excluding hydrogens is 302 g/mol. The largest absolute Gasteiger partial charge is 0.337 e. The van der Waals surface area contributed by atoms with Crippen LogP contribution in [-0.4, -0.2) is 16.1 Å². The van der Waals surface area contributed by atoms with Crippen LogP contribution in [0, 0.1) is 0 Å². The van der Waals surface area contributed by atoms with Crippen LogP contribution in [0.15, 0.2) is 47.5 Å². The highest BCUT2D eigenvalue weighted by molar-refractivity contribution is 9.10. The number of benzene rings is 1. The number of hydrogen-bond acceptors (Lipinski definition) is 2. The molecule has 0 saturated carbocycles. The van der Waals surface area contributed by atoms with Gasteiger partial charge in [0.15, 0.2) is 0 Å². The van der Waals surface area contributed by atoms with E-state index in [1.165, 1.54) is 18.4 Å². The molecule has 0 fully saturated rings. The number of halogens is 1. The highest BCUT2D eigenvalue weighted by Gasteiger charge is 2.03. The maximum absolute atomic E-state index is 4.04. The molecule has 2 aromatic rings. The van der Waals surface area contributed by atoms with Crippen LogP contribution in [0.25, 0.3) is 0 Å². The summed E-state index contributed by atoms with van der Waals surface area (Å²) >= 11 is 3.46. The molecule has 102 valence electrons. The van der Waals surface area contributed by atoms with Gasteiger partial charge in [0.05, 0.1) is 6.33 Å². The lowest BCUT2D eigenvalue weighted by molar-refractivity contribution is 0.523. The van der Waals surface area contributed by atoms with Gasteiger partial charge in [0.2, 0.25) is 0 Å². The predicted molar refractivity (Wildman–Crippen MR) is 82.0 cm³/mol. The van der Waals surface area contributed by atoms with Crippen molar-refractivity contribution in [1.29, 1.82) is 0 Å². The summed E-state index contributed by atoms with van der Waals surface area (Å²) in [4.78, 5) is 4.04. The Hall–Kier alpha value is -1.13. The Morgan fingerprint density at radius 1 is 1.26 bits per heavy atom. The SMILES string of the molecule is CC(NCCCCn1ccnc1)c1ccc(Br)cc1. The van der Waals surface area contributed by atoms with Crippen LogP contribution in [-0.2, 0) is 6.54 Å². The first-order valence-electron chi connectivity index (χ1n) is 6.70. The molecular formula is C15H20BrN3. The average Bonchev–Trinajstić information content (AvgIpc) is 2.92. The zero-order valence-electron chi connectivity index (χ0n) is 11.2. The van der Waals surface area contributed by atoms with E-state index >= 15 is 0 Å². The van der Waals surface area contributed by atoms with E-state index in [2.05, 4.69) is 62.0 Å². The maximum atomic E-state index is 4.04. The van der Waals surface area contributed by atoms with E-state index in [0.717, 1.165) is 17.6 Å². The first-order valence-corrected chi connectivity index (χ1v) is 7.49. The van der Waals surface area contributed by atoms with Crippen molar-refractivity contribution in [2.24, 2.45) is 0 Å². The average molecular weight is 322 g/mol. The maximum Gasteiger partial charge on any atom is 0.0945 e. The van der Waals surface area contributed by atoms with Crippen LogP contribution in [0.4, 0.5) is 0 Å². The lowest BCUT2D eigenvalue weighted by Crippen LogP contribution is -2.20. The molecule has 0 bridgehead atoms. The number of hydrogen-bond donors (Lipinski definition) is 1. The van der Waals surface area contributed by atoms with Gasteiger partial charge in [-0.05, 0) is 44.0 Å². The second-order valence-corrected chi connectivity index (χ2v) is 5.65. The number of aryl methyl sites for hydroxylation is 1. The minimum atomic E-state index is 0.404. The zero-order valence-corrected chi connectivity index (χ0v) is 12.8. The summed E-state index contributed by atoms with van der Waals surface area (Å²) in [5.41, 5.74) is 1.33. The molecule has 4 heteroatoms. The fraction of sp³-hybridized carbons (Fsp3) is 0.400. The minimum Gasteiger partial charge on any atom is -0.337 e. The van der Waals surface area contributed by atoms with E-state index < -0.39 is 0 Å². The lowest BCUT2D eigenvalue weighted by Gasteiger charge is -2.14. The number of unbranched alkanes of at least 4 members (excludes halogenated alkanes) is 1. The molecule has 0 aliphatic heterocycles. The molecule has 0 saturated heterocycles. The topological polar surface area (TPSA) is 29.9 Å². The summed E-state index contributed by atoms with van der Waals surface area (Å²) in [6.45, 7) is 4.30. The Kier molecular flexibility index (Phi) is 5.61. The first-order chi connectivity index (χ1) is 9.25. The Morgan fingerprint density at radius 2 is 2.05 bits per heavy atom. The van der Waals surface area contributed by atoms with Gasteiger partial charge in [0.1, 0.15) is 0 Å². The quantitative estimate of drug-likeness (QED) is 0.786. The normalized spacial score (nSPS) is 12.5. The Morgan fingerprint density at radius 3 is 2.74 bits per heavy atom. The van der Waals surface area contributed by atoms with Crippen LogP contribution in [0.2, 0.25) is 0 Å². The van der Waals surface area contributed by atoms with Crippen molar-refractivity contribution in [3.63, 3.8) is 0 Å². The van der Waals surface area contributed by atoms with Crippen molar-refractivity contribution in [3.8, 4) is 0 Å². The molecule has 0 amide bonds. The molecule has 0 radical (unpaired) electrons. The van der Waals surface area contributed by atoms with Gasteiger partial charge in [0, 0.05) is 29.5 Å². The van der Waals surface area contributed by atoms with E-state index in [0.29, 0.717) is 6.04 Å². The molecule has 3 nitrogen and oxygen atoms in total. The summed E-state index contributed by atoms with van der Waals surface area (Å²) in [5, 5.41) is 3.56. The van der Waals surface area contributed by atoms with Gasteiger partial charge in [-0.2, -0.15) is 0 Å². The van der Waals surface area contributed by atoms with E-state index in [9.17, 15) is 0 Å². The molecule has 0 spiro atoms. The highest BCUT2D eigenvalue weighted by Crippen LogP contribution is 2.16. The third-order valence-electron chi connectivity index (χ3n) is 3.22. The van der Waals surface area contributed by atoms with Crippen LogP contribution >= 0.6 is 15.9 Å². The number of nitrogens with zero attached hydrogens (tertiary/aromatic N) is 2. The molecule has 0 aliphatic rings. The van der Waals surface area contributed by atoms with E-state index in [1.807, 2.05) is 18.7 Å². The number of rotatable bonds is 7. The second-order valence-electron chi connectivity index (χ2n) is 4.73. The van der Waals surface area contributed by atoms with Crippen LogP contribution in [0.5, 0.6) is 0 Å². The molecule has 2 rings (SSSR count). The van der Waals surface area contributed by atoms with Crippen molar-refractivity contribution in [1.82, 2.24) is 14.9 Å². The Balaban J connectivity index is 1.63. The molecule has 1 heterocycles. The number of imidazole rings is 1. The zero-order chi connectivity index (χ0) is 13.5. The van der Waals surface area contributed by atoms with E-state index in [4.69, 9.17) is 0 Å². The number of nitrogens with one attached hydrogen (secondary N) is 1. The van der Waals surface area contributed by atoms with Crippen LogP contribution < -0.4 is 5.32 Å². The van der Waals surface area contributed by atoms with Gasteiger partial charge >= 0.3 is 0 Å². The molecule has 1 unspecified atom stereocenters. The second kappa shape index (κ2) is 7.46. The monoisotopic (exact) mass is 321 g/mol. The van der Waals surface area contributed by atoms with Crippen molar-refractivity contribution in [2.45, 2.75) is 32.4 Å². The fourth-order valence-corrected chi connectivity index (χ4v) is 2.29. The summed E-state index contributed by atoms with van der Waals surface area (Å²) in [7, 11) is 0. The first kappa shape index (κ1) is 14.3. The van der Waals surface area contributed by atoms with E-state index in [1.54, 1.807) is 0 Å². The van der Waals surface area contributed by atoms with Gasteiger partial charge in [-0.25, -0.2) is 4.98 Å². The number of aromatic nitrogens is 2. The van der Waals surface area contributed by atoms with Gasteiger partial charge in [0.25, 0.3) is 0 Å². The van der Waals surface area contributed by atoms with Crippen molar-refractivity contribution >= 4 is 15.9 Å². The molecule has 1 N–H and O–H groups in total. The van der Waals surface area contributed by atoms with Crippen molar-refractivity contribution in [2.75, 3.05) is 6.54 Å². The summed E-state index contributed by atoms with van der Waals surface area (Å²) in [6, 6.07) is 8.90. The minimum absolute atomic E-state index is 0.404. The molecule has 1 aromatic heterocycles. The predicted octanol–water partition coefficient (Wildman–Crippen LogP) is 3.78. The smallest absolute Gasteiger partial charge is 0.0945 e. The molecule has 0 aliphatic carbocycles. The van der Waals surface area contributed by atoms with Gasteiger partial charge in [-0.15, -0.1) is 0 Å². The van der Waals surface area contributed by atoms with Crippen LogP contribution in [0.1, 0.15) is 31.4 Å². The van der Waals surface area contributed by atoms with Gasteiger partial charge in [-0.3, -0.25) is 0 Å². The Bertz CT molecular complexity index is 465. The third kappa shape index (κ3) is 4.80. The lowest BCUT2D eigenvalue weighted by atomic mass is 10.1. The molecule has 1 atom stereocenters. The molecule has 19 heavy (non-hydrogen) atoms. The highest BCUT2D eigenvalue weighted by atomic mass is 79.9. The van der Waals surface area contributed by atoms with Gasteiger partial charge < -0.3 is 9.88 Å². The standard InChI is InChI=1S/C15H20BrN3/c1-13(14-4-6-15(16)7-5-14)18-8-2-3-10-19-11-9-17-12-19/h4-7,9,11-13,18H,2-3,8,10H2,1H3. The summed E-state index contributed by atoms with van der Waals surface area (Å²) < 4.78 is 3.25. The summed E-state index contributed by atoms with van der Waals surface area (Å²) in [5.74, 6) is 0. The fourth-order valence-electron chi connectivity index (χ4n) is 2.03. The third-order valence-corrected chi connectivity index (χ3v) is 3.75. The molecule has 1 aromatic carbocycles. The van der Waals surface area contributed by atoms with E-state index in [-0.39, 0.29) is 0 Å². The van der Waals surface area contributed by atoms with Crippen molar-refractivity contribution in [3.05, 3.63) is 53.0 Å².